The number of ether oxygens (including phenoxy) is 1. The Morgan fingerprint density at radius 3 is 2.80 bits per heavy atom. The molecule has 136 valence electrons. The highest BCUT2D eigenvalue weighted by molar-refractivity contribution is 8.01. The highest BCUT2D eigenvalue weighted by atomic mass is 32.2. The molecule has 2 atom stereocenters. The zero-order chi connectivity index (χ0) is 18.6. The number of nitrogens with one attached hydrogen (secondary N) is 1. The van der Waals surface area contributed by atoms with Crippen molar-refractivity contribution in [2.45, 2.75) is 57.0 Å². The first kappa shape index (κ1) is 19.5. The molecule has 8 nitrogen and oxygen atoms in total. The van der Waals surface area contributed by atoms with E-state index in [0.717, 1.165) is 10.8 Å². The molecule has 0 aliphatic carbocycles. The number of nitrogens with zero attached hydrogens (tertiary/aromatic N) is 5. The molecular formula is C15H22N6O2S2. The lowest BCUT2D eigenvalue weighted by Gasteiger charge is -2.25. The van der Waals surface area contributed by atoms with Gasteiger partial charge in [0, 0.05) is 0 Å². The molecular weight excluding hydrogens is 360 g/mol. The summed E-state index contributed by atoms with van der Waals surface area (Å²) < 4.78 is 7.75. The summed E-state index contributed by atoms with van der Waals surface area (Å²) >= 11 is 2.72. The van der Waals surface area contributed by atoms with Crippen molar-refractivity contribution in [2.75, 3.05) is 5.75 Å². The molecule has 1 amide bonds. The first-order valence-corrected chi connectivity index (χ1v) is 9.76. The molecule has 0 unspecified atom stereocenters. The molecule has 0 radical (unpaired) electrons. The molecule has 10 heteroatoms. The van der Waals surface area contributed by atoms with E-state index in [9.17, 15) is 4.79 Å². The number of hydrogen-bond donors (Lipinski definition) is 1. The maximum Gasteiger partial charge on any atom is 0.408 e. The van der Waals surface area contributed by atoms with Gasteiger partial charge in [-0.25, -0.2) is 4.79 Å². The number of hydrogen-bond acceptors (Lipinski definition) is 8. The van der Waals surface area contributed by atoms with Gasteiger partial charge in [-0.15, -0.1) is 15.3 Å². The number of aromatic nitrogens is 4. The summed E-state index contributed by atoms with van der Waals surface area (Å²) in [7, 11) is 0. The summed E-state index contributed by atoms with van der Waals surface area (Å²) in [5, 5.41) is 24.4. The van der Waals surface area contributed by atoms with Crippen molar-refractivity contribution in [1.82, 2.24) is 25.1 Å². The smallest absolute Gasteiger partial charge is 0.408 e. The molecule has 0 aromatic carbocycles. The van der Waals surface area contributed by atoms with Crippen molar-refractivity contribution in [2.24, 2.45) is 5.92 Å². The Morgan fingerprint density at radius 2 is 2.20 bits per heavy atom. The van der Waals surface area contributed by atoms with E-state index in [1.54, 1.807) is 4.52 Å². The molecule has 2 rings (SSSR count). The molecule has 2 heterocycles. The lowest BCUT2D eigenvalue weighted by molar-refractivity contribution is 0.0482. The van der Waals surface area contributed by atoms with Crippen LogP contribution in [0.3, 0.4) is 0 Å². The fourth-order valence-corrected chi connectivity index (χ4v) is 3.64. The Hall–Kier alpha value is -1.86. The Balaban J connectivity index is 2.28. The van der Waals surface area contributed by atoms with Crippen LogP contribution in [-0.2, 0) is 4.74 Å². The quantitative estimate of drug-likeness (QED) is 0.763. The molecule has 0 fully saturated rings. The maximum absolute atomic E-state index is 12.2. The Kier molecular flexibility index (Phi) is 6.24. The van der Waals surface area contributed by atoms with Crippen LogP contribution in [0, 0.1) is 17.2 Å². The molecule has 25 heavy (non-hydrogen) atoms. The zero-order valence-electron chi connectivity index (χ0n) is 14.9. The number of carbonyl (C=O) groups is 1. The van der Waals surface area contributed by atoms with Crippen LogP contribution in [0.4, 0.5) is 4.79 Å². The summed E-state index contributed by atoms with van der Waals surface area (Å²) in [4.78, 5) is 12.9. The summed E-state index contributed by atoms with van der Waals surface area (Å²) in [5.74, 6) is 1.01. The van der Waals surface area contributed by atoms with Crippen molar-refractivity contribution in [3.05, 3.63) is 5.82 Å². The van der Waals surface area contributed by atoms with Crippen molar-refractivity contribution < 1.29 is 9.53 Å². The van der Waals surface area contributed by atoms with Gasteiger partial charge < -0.3 is 10.1 Å². The van der Waals surface area contributed by atoms with E-state index < -0.39 is 11.7 Å². The molecule has 0 bridgehead atoms. The first-order valence-electron chi connectivity index (χ1n) is 7.96. The van der Waals surface area contributed by atoms with Gasteiger partial charge in [0.15, 0.2) is 10.2 Å². The number of rotatable bonds is 6. The number of carbonyl (C=O) groups excluding carboxylic acids is 1. The molecule has 0 spiro atoms. The third-order valence-corrected chi connectivity index (χ3v) is 5.32. The average Bonchev–Trinajstić information content (AvgIpc) is 3.08. The summed E-state index contributed by atoms with van der Waals surface area (Å²) in [5.41, 5.74) is -0.577. The largest absolute Gasteiger partial charge is 0.444 e. The molecule has 2 aromatic heterocycles. The lowest BCUT2D eigenvalue weighted by Crippen LogP contribution is -2.38. The highest BCUT2D eigenvalue weighted by Gasteiger charge is 2.29. The second-order valence-corrected chi connectivity index (χ2v) is 8.76. The van der Waals surface area contributed by atoms with Gasteiger partial charge in [-0.3, -0.25) is 0 Å². The standard InChI is InChI=1S/C15H22N6O2S2/c1-6-9(2)10(17-13(22)23-15(3,4)5)11-18-19-12-21(11)20-14(25-12)24-8-7-16/h9-10H,6,8H2,1-5H3,(H,17,22)/t9-,10-/m0/s1. The van der Waals surface area contributed by atoms with Crippen molar-refractivity contribution in [3.63, 3.8) is 0 Å². The fourth-order valence-electron chi connectivity index (χ4n) is 2.09. The molecule has 0 aliphatic heterocycles. The minimum Gasteiger partial charge on any atom is -0.444 e. The van der Waals surface area contributed by atoms with E-state index in [2.05, 4.69) is 26.7 Å². The van der Waals surface area contributed by atoms with Crippen molar-refractivity contribution in [1.29, 1.82) is 5.26 Å². The number of fused-ring (bicyclic) bond motifs is 1. The summed E-state index contributed by atoms with van der Waals surface area (Å²) in [6, 6.07) is 1.71. The molecule has 0 aliphatic rings. The van der Waals surface area contributed by atoms with E-state index >= 15 is 0 Å². The fraction of sp³-hybridized carbons (Fsp3) is 0.667. The third kappa shape index (κ3) is 5.06. The predicted octanol–water partition coefficient (Wildman–Crippen LogP) is 3.41. The van der Waals surface area contributed by atoms with Crippen LogP contribution in [0.5, 0.6) is 0 Å². The van der Waals surface area contributed by atoms with Gasteiger partial charge >= 0.3 is 6.09 Å². The highest BCUT2D eigenvalue weighted by Crippen LogP contribution is 2.28. The molecule has 2 aromatic rings. The van der Waals surface area contributed by atoms with Crippen molar-refractivity contribution in [3.8, 4) is 6.07 Å². The molecule has 0 saturated heterocycles. The minimum absolute atomic E-state index is 0.122. The van der Waals surface area contributed by atoms with Crippen LogP contribution in [0.1, 0.15) is 52.9 Å². The van der Waals surface area contributed by atoms with Gasteiger partial charge in [0.25, 0.3) is 0 Å². The van der Waals surface area contributed by atoms with E-state index in [1.165, 1.54) is 23.1 Å². The topological polar surface area (TPSA) is 105 Å². The third-order valence-electron chi connectivity index (χ3n) is 3.42. The van der Waals surface area contributed by atoms with E-state index in [0.29, 0.717) is 16.5 Å². The van der Waals surface area contributed by atoms with Crippen LogP contribution in [-0.4, -0.2) is 37.3 Å². The Morgan fingerprint density at radius 1 is 1.48 bits per heavy atom. The lowest BCUT2D eigenvalue weighted by atomic mass is 9.99. The normalized spacial score (nSPS) is 14.1. The van der Waals surface area contributed by atoms with Gasteiger partial charge in [-0.2, -0.15) is 9.78 Å². The average molecular weight is 383 g/mol. The van der Waals surface area contributed by atoms with Gasteiger partial charge in [-0.1, -0.05) is 43.4 Å². The summed E-state index contributed by atoms with van der Waals surface area (Å²) in [6.07, 6.45) is 0.346. The van der Waals surface area contributed by atoms with Gasteiger partial charge in [0.1, 0.15) is 5.60 Å². The molecule has 1 N–H and O–H groups in total. The van der Waals surface area contributed by atoms with Gasteiger partial charge in [0.05, 0.1) is 17.9 Å². The van der Waals surface area contributed by atoms with Gasteiger partial charge in [0.2, 0.25) is 4.96 Å². The first-order chi connectivity index (χ1) is 11.7. The predicted molar refractivity (Wildman–Crippen MR) is 96.6 cm³/mol. The summed E-state index contributed by atoms with van der Waals surface area (Å²) in [6.45, 7) is 9.53. The van der Waals surface area contributed by atoms with Gasteiger partial charge in [-0.05, 0) is 26.7 Å². The van der Waals surface area contributed by atoms with Crippen molar-refractivity contribution >= 4 is 34.2 Å². The SMILES string of the molecule is CC[C@H](C)[C@H](NC(=O)OC(C)(C)C)c1nnc2sc(SCC#N)nn12. The van der Waals surface area contributed by atoms with E-state index in [-0.39, 0.29) is 12.0 Å². The van der Waals surface area contributed by atoms with E-state index in [1.807, 2.05) is 34.6 Å². The second kappa shape index (κ2) is 8.01. The van der Waals surface area contributed by atoms with Crippen LogP contribution in [0.25, 0.3) is 4.96 Å². The van der Waals surface area contributed by atoms with Crippen LogP contribution >= 0.6 is 23.1 Å². The van der Waals surface area contributed by atoms with E-state index in [4.69, 9.17) is 10.00 Å². The number of thioether (sulfide) groups is 1. The van der Waals surface area contributed by atoms with Crippen LogP contribution in [0.15, 0.2) is 4.34 Å². The Labute approximate surface area is 155 Å². The molecule has 0 saturated carbocycles. The monoisotopic (exact) mass is 382 g/mol. The second-order valence-electron chi connectivity index (χ2n) is 6.58. The van der Waals surface area contributed by atoms with Crippen LogP contribution < -0.4 is 5.32 Å². The number of nitriles is 1. The number of amides is 1. The maximum atomic E-state index is 12.2. The van der Waals surface area contributed by atoms with Crippen LogP contribution in [0.2, 0.25) is 0 Å². The zero-order valence-corrected chi connectivity index (χ0v) is 16.6. The number of alkyl carbamates (subject to hydrolysis) is 1. The Bertz CT molecular complexity index is 773. The minimum atomic E-state index is -0.577.